The molecule has 0 bridgehead atoms. The van der Waals surface area contributed by atoms with Gasteiger partial charge in [0.2, 0.25) is 0 Å². The molecule has 94 valence electrons. The van der Waals surface area contributed by atoms with E-state index >= 15 is 0 Å². The van der Waals surface area contributed by atoms with Gasteiger partial charge in [0.25, 0.3) is 0 Å². The fourth-order valence-electron chi connectivity index (χ4n) is 2.02. The van der Waals surface area contributed by atoms with Crippen LogP contribution in [0, 0.1) is 5.41 Å². The number of urea groups is 1. The van der Waals surface area contributed by atoms with E-state index in [1.54, 1.807) is 0 Å². The van der Waals surface area contributed by atoms with Gasteiger partial charge in [-0.15, -0.1) is 0 Å². The monoisotopic (exact) mass is 243 g/mol. The van der Waals surface area contributed by atoms with Crippen LogP contribution in [0.3, 0.4) is 0 Å². The van der Waals surface area contributed by atoms with E-state index in [2.05, 4.69) is 10.6 Å². The molecule has 2 amide bonds. The Bertz CT molecular complexity index is 554. The van der Waals surface area contributed by atoms with Gasteiger partial charge in [0, 0.05) is 12.1 Å². The summed E-state index contributed by atoms with van der Waals surface area (Å²) in [7, 11) is 0. The third kappa shape index (κ3) is 2.14. The first-order valence-electron chi connectivity index (χ1n) is 5.91. The second-order valence-electron chi connectivity index (χ2n) is 4.65. The van der Waals surface area contributed by atoms with Crippen LogP contribution < -0.4 is 10.6 Å². The minimum atomic E-state index is -0.322. The first-order valence-corrected chi connectivity index (χ1v) is 5.91. The number of amidine groups is 1. The minimum Gasteiger partial charge on any atom is -0.334 e. The maximum atomic E-state index is 11.4. The summed E-state index contributed by atoms with van der Waals surface area (Å²) >= 11 is 0. The topological polar surface area (TPSA) is 65.0 Å². The number of allylic oxidation sites excluding steroid dienone is 2. The van der Waals surface area contributed by atoms with E-state index in [9.17, 15) is 4.79 Å². The second-order valence-corrected chi connectivity index (χ2v) is 4.65. The molecule has 0 unspecified atom stereocenters. The van der Waals surface area contributed by atoms with E-state index in [0.29, 0.717) is 6.54 Å². The zero-order chi connectivity index (χ0) is 13.3. The lowest BCUT2D eigenvalue weighted by Crippen LogP contribution is -2.36. The third-order valence-corrected chi connectivity index (χ3v) is 3.23. The zero-order valence-electron chi connectivity index (χ0n) is 10.8. The van der Waals surface area contributed by atoms with Gasteiger partial charge in [-0.2, -0.15) is 0 Å². The first kappa shape index (κ1) is 12.4. The standard InChI is InChI=1S/C14H17N3O/c1-8(2)9(3)11-6-4-5-10-7-16-14(18)17-13(15)12(10)11/h4-6H,7H2,1-3H3,(H3,15,16,17,18). The van der Waals surface area contributed by atoms with Crippen LogP contribution in [0.4, 0.5) is 4.79 Å². The Morgan fingerprint density at radius 3 is 2.67 bits per heavy atom. The summed E-state index contributed by atoms with van der Waals surface area (Å²) in [5.74, 6) is 0.163. The van der Waals surface area contributed by atoms with Crippen LogP contribution >= 0.6 is 0 Å². The van der Waals surface area contributed by atoms with Crippen LogP contribution in [0.25, 0.3) is 5.57 Å². The lowest BCUT2D eigenvalue weighted by Gasteiger charge is -2.14. The molecule has 3 N–H and O–H groups in total. The Labute approximate surface area is 107 Å². The van der Waals surface area contributed by atoms with Gasteiger partial charge >= 0.3 is 6.03 Å². The molecule has 0 aliphatic carbocycles. The number of carbonyl (C=O) groups excluding carboxylic acids is 1. The molecule has 0 aromatic heterocycles. The van der Waals surface area contributed by atoms with Crippen molar-refractivity contribution in [1.82, 2.24) is 10.6 Å². The summed E-state index contributed by atoms with van der Waals surface area (Å²) in [6, 6.07) is 5.58. The Kier molecular flexibility index (Phi) is 3.19. The molecular weight excluding hydrogens is 226 g/mol. The number of carbonyl (C=O) groups is 1. The van der Waals surface area contributed by atoms with Crippen molar-refractivity contribution < 1.29 is 4.79 Å². The number of rotatable bonds is 1. The SMILES string of the molecule is CC(C)=C(C)c1cccc2c1C(=N)NC(=O)NC2. The van der Waals surface area contributed by atoms with Crippen molar-refractivity contribution in [3.8, 4) is 0 Å². The predicted molar refractivity (Wildman–Crippen MR) is 72.6 cm³/mol. The molecule has 4 nitrogen and oxygen atoms in total. The van der Waals surface area contributed by atoms with E-state index in [4.69, 9.17) is 5.41 Å². The van der Waals surface area contributed by atoms with Crippen LogP contribution in [0.5, 0.6) is 0 Å². The fourth-order valence-corrected chi connectivity index (χ4v) is 2.02. The highest BCUT2D eigenvalue weighted by atomic mass is 16.2. The molecule has 1 heterocycles. The molecule has 0 atom stereocenters. The highest BCUT2D eigenvalue weighted by Crippen LogP contribution is 2.25. The molecule has 4 heteroatoms. The smallest absolute Gasteiger partial charge is 0.320 e. The van der Waals surface area contributed by atoms with Gasteiger partial charge in [-0.05, 0) is 37.5 Å². The van der Waals surface area contributed by atoms with Gasteiger partial charge in [-0.3, -0.25) is 10.7 Å². The molecule has 0 radical (unpaired) electrons. The van der Waals surface area contributed by atoms with E-state index in [-0.39, 0.29) is 11.9 Å². The van der Waals surface area contributed by atoms with Gasteiger partial charge in [0.05, 0.1) is 0 Å². The van der Waals surface area contributed by atoms with E-state index in [1.165, 1.54) is 5.57 Å². The summed E-state index contributed by atoms with van der Waals surface area (Å²) in [4.78, 5) is 11.4. The highest BCUT2D eigenvalue weighted by molar-refractivity contribution is 6.10. The average molecular weight is 243 g/mol. The molecule has 0 saturated heterocycles. The number of hydrogen-bond donors (Lipinski definition) is 3. The molecule has 0 fully saturated rings. The Balaban J connectivity index is 2.63. The Morgan fingerprint density at radius 2 is 2.00 bits per heavy atom. The number of fused-ring (bicyclic) bond motifs is 1. The van der Waals surface area contributed by atoms with Crippen molar-refractivity contribution >= 4 is 17.4 Å². The third-order valence-electron chi connectivity index (χ3n) is 3.23. The van der Waals surface area contributed by atoms with Gasteiger partial charge in [0.1, 0.15) is 5.84 Å². The Hall–Kier alpha value is -2.10. The van der Waals surface area contributed by atoms with E-state index in [1.807, 2.05) is 39.0 Å². The number of amides is 2. The normalized spacial score (nSPS) is 14.2. The fraction of sp³-hybridized carbons (Fsp3) is 0.286. The van der Waals surface area contributed by atoms with Crippen LogP contribution in [-0.4, -0.2) is 11.9 Å². The summed E-state index contributed by atoms with van der Waals surface area (Å²) < 4.78 is 0. The predicted octanol–water partition coefficient (Wildman–Crippen LogP) is 2.64. The number of benzene rings is 1. The van der Waals surface area contributed by atoms with Crippen LogP contribution in [-0.2, 0) is 6.54 Å². The molecular formula is C14H17N3O. The largest absolute Gasteiger partial charge is 0.334 e. The van der Waals surface area contributed by atoms with Crippen molar-refractivity contribution in [2.45, 2.75) is 27.3 Å². The van der Waals surface area contributed by atoms with E-state index < -0.39 is 0 Å². The average Bonchev–Trinajstić information content (AvgIpc) is 2.47. The van der Waals surface area contributed by atoms with Gasteiger partial charge in [0.15, 0.2) is 0 Å². The van der Waals surface area contributed by atoms with Crippen molar-refractivity contribution in [2.24, 2.45) is 0 Å². The van der Waals surface area contributed by atoms with Crippen molar-refractivity contribution in [3.63, 3.8) is 0 Å². The summed E-state index contributed by atoms with van der Waals surface area (Å²) in [6.07, 6.45) is 0. The van der Waals surface area contributed by atoms with Crippen molar-refractivity contribution in [1.29, 1.82) is 5.41 Å². The number of nitrogens with one attached hydrogen (secondary N) is 3. The van der Waals surface area contributed by atoms with Gasteiger partial charge < -0.3 is 5.32 Å². The maximum Gasteiger partial charge on any atom is 0.320 e. The van der Waals surface area contributed by atoms with Crippen LogP contribution in [0.15, 0.2) is 23.8 Å². The molecule has 0 saturated carbocycles. The second kappa shape index (κ2) is 4.64. The van der Waals surface area contributed by atoms with Crippen LogP contribution in [0.2, 0.25) is 0 Å². The highest BCUT2D eigenvalue weighted by Gasteiger charge is 2.20. The first-order chi connectivity index (χ1) is 8.50. The summed E-state index contributed by atoms with van der Waals surface area (Å²) in [6.45, 7) is 6.59. The summed E-state index contributed by atoms with van der Waals surface area (Å²) in [5.41, 5.74) is 5.15. The molecule has 1 aromatic carbocycles. The maximum absolute atomic E-state index is 11.4. The van der Waals surface area contributed by atoms with E-state index in [0.717, 1.165) is 22.3 Å². The van der Waals surface area contributed by atoms with Gasteiger partial charge in [-0.1, -0.05) is 23.8 Å². The van der Waals surface area contributed by atoms with Gasteiger partial charge in [-0.25, -0.2) is 4.79 Å². The molecule has 1 aromatic rings. The lowest BCUT2D eigenvalue weighted by atomic mass is 9.93. The lowest BCUT2D eigenvalue weighted by molar-refractivity contribution is 0.245. The molecule has 2 rings (SSSR count). The quantitative estimate of drug-likeness (QED) is 0.697. The van der Waals surface area contributed by atoms with Crippen LogP contribution in [0.1, 0.15) is 37.5 Å². The molecule has 0 spiro atoms. The molecule has 1 aliphatic heterocycles. The zero-order valence-corrected chi connectivity index (χ0v) is 10.8. The summed E-state index contributed by atoms with van der Waals surface area (Å²) in [5, 5.41) is 13.3. The number of hydrogen-bond acceptors (Lipinski definition) is 2. The van der Waals surface area contributed by atoms with Crippen molar-refractivity contribution in [2.75, 3.05) is 0 Å². The van der Waals surface area contributed by atoms with Crippen molar-refractivity contribution in [3.05, 3.63) is 40.5 Å². The Morgan fingerprint density at radius 1 is 1.28 bits per heavy atom. The molecule has 18 heavy (non-hydrogen) atoms. The minimum absolute atomic E-state index is 0.163. The molecule has 1 aliphatic rings.